The first-order valence-electron chi connectivity index (χ1n) is 12.3. The molecule has 2 aliphatic heterocycles. The van der Waals surface area contributed by atoms with E-state index in [0.29, 0.717) is 30.2 Å². The molecule has 2 aromatic rings. The van der Waals surface area contributed by atoms with Gasteiger partial charge in [-0.3, -0.25) is 9.69 Å². The van der Waals surface area contributed by atoms with Crippen molar-refractivity contribution < 1.29 is 13.9 Å². The minimum absolute atomic E-state index is 0.0769. The molecule has 3 unspecified atom stereocenters. The minimum atomic E-state index is -0.237. The molecule has 2 aliphatic rings. The zero-order valence-corrected chi connectivity index (χ0v) is 20.0. The Balaban J connectivity index is 1.41. The van der Waals surface area contributed by atoms with Crippen LogP contribution in [0.25, 0.3) is 11.1 Å². The van der Waals surface area contributed by atoms with Gasteiger partial charge in [-0.1, -0.05) is 6.42 Å². The van der Waals surface area contributed by atoms with Crippen molar-refractivity contribution in [2.75, 3.05) is 24.5 Å². The molecule has 0 spiro atoms. The molecule has 0 radical (unpaired) electrons. The van der Waals surface area contributed by atoms with Crippen molar-refractivity contribution in [1.29, 1.82) is 0 Å². The number of fused-ring (bicyclic) bond motifs is 1. The second kappa shape index (κ2) is 10.1. The van der Waals surface area contributed by atoms with Crippen LogP contribution in [0.4, 0.5) is 6.01 Å². The van der Waals surface area contributed by atoms with E-state index in [1.54, 1.807) is 0 Å². The highest BCUT2D eigenvalue weighted by atomic mass is 16.5. The summed E-state index contributed by atoms with van der Waals surface area (Å²) in [6.45, 7) is 11.0. The fourth-order valence-electron chi connectivity index (χ4n) is 5.14. The molecular formula is C25H38N4O3. The zero-order chi connectivity index (χ0) is 22.7. The van der Waals surface area contributed by atoms with Crippen molar-refractivity contribution in [2.45, 2.75) is 90.4 Å². The first kappa shape index (κ1) is 22.9. The van der Waals surface area contributed by atoms with E-state index in [1.807, 2.05) is 36.9 Å². The van der Waals surface area contributed by atoms with Gasteiger partial charge >= 0.3 is 0 Å². The van der Waals surface area contributed by atoms with E-state index in [4.69, 9.17) is 9.15 Å². The number of hydrogen-bond donors (Lipinski definition) is 1. The molecule has 3 heterocycles. The van der Waals surface area contributed by atoms with Crippen LogP contribution in [0, 0.1) is 0 Å². The lowest BCUT2D eigenvalue weighted by Gasteiger charge is -2.39. The molecule has 2 saturated heterocycles. The summed E-state index contributed by atoms with van der Waals surface area (Å²) in [4.78, 5) is 22.4. The Morgan fingerprint density at radius 1 is 1.19 bits per heavy atom. The van der Waals surface area contributed by atoms with Gasteiger partial charge in [0.2, 0.25) is 5.91 Å². The van der Waals surface area contributed by atoms with E-state index in [1.165, 1.54) is 19.3 Å². The van der Waals surface area contributed by atoms with E-state index < -0.39 is 0 Å². The highest BCUT2D eigenvalue weighted by Crippen LogP contribution is 2.30. The largest absolute Gasteiger partial charge is 0.491 e. The fourth-order valence-corrected chi connectivity index (χ4v) is 5.14. The maximum atomic E-state index is 13.1. The number of aromatic nitrogens is 1. The van der Waals surface area contributed by atoms with Crippen molar-refractivity contribution in [3.63, 3.8) is 0 Å². The summed E-state index contributed by atoms with van der Waals surface area (Å²) in [6.07, 6.45) is 6.79. The number of nitrogens with one attached hydrogen (secondary N) is 1. The predicted octanol–water partition coefficient (Wildman–Crippen LogP) is 4.35. The van der Waals surface area contributed by atoms with Gasteiger partial charge in [-0.25, -0.2) is 0 Å². The molecule has 1 aromatic heterocycles. The van der Waals surface area contributed by atoms with Crippen molar-refractivity contribution in [2.24, 2.45) is 0 Å². The summed E-state index contributed by atoms with van der Waals surface area (Å²) in [5.74, 6) is 0.845. The number of hydrogen-bond acceptors (Lipinski definition) is 6. The van der Waals surface area contributed by atoms with Crippen LogP contribution in [0.15, 0.2) is 22.6 Å². The molecule has 3 atom stereocenters. The van der Waals surface area contributed by atoms with Crippen LogP contribution in [0.1, 0.15) is 66.2 Å². The topological polar surface area (TPSA) is 70.8 Å². The quantitative estimate of drug-likeness (QED) is 0.687. The number of benzene rings is 1. The Morgan fingerprint density at radius 3 is 2.72 bits per heavy atom. The molecular weight excluding hydrogens is 404 g/mol. The van der Waals surface area contributed by atoms with Crippen molar-refractivity contribution >= 4 is 23.0 Å². The monoisotopic (exact) mass is 442 g/mol. The highest BCUT2D eigenvalue weighted by Gasteiger charge is 2.32. The molecule has 2 fully saturated rings. The molecule has 176 valence electrons. The highest BCUT2D eigenvalue weighted by molar-refractivity contribution is 5.85. The van der Waals surface area contributed by atoms with E-state index >= 15 is 0 Å². The van der Waals surface area contributed by atoms with Crippen LogP contribution in [0.2, 0.25) is 0 Å². The lowest BCUT2D eigenvalue weighted by Crippen LogP contribution is -2.52. The number of nitrogens with zero attached hydrogens (tertiary/aromatic N) is 3. The summed E-state index contributed by atoms with van der Waals surface area (Å²) in [7, 11) is 0. The van der Waals surface area contributed by atoms with Crippen LogP contribution in [0.3, 0.4) is 0 Å². The van der Waals surface area contributed by atoms with Crippen molar-refractivity contribution in [3.05, 3.63) is 18.2 Å². The molecule has 1 N–H and O–H groups in total. The second-order valence-electron chi connectivity index (χ2n) is 9.66. The third kappa shape index (κ3) is 5.20. The Morgan fingerprint density at radius 2 is 1.97 bits per heavy atom. The number of amides is 1. The van der Waals surface area contributed by atoms with Gasteiger partial charge in [0.25, 0.3) is 6.01 Å². The molecule has 0 saturated carbocycles. The second-order valence-corrected chi connectivity index (χ2v) is 9.66. The number of ether oxygens (including phenoxy) is 1. The molecule has 7 nitrogen and oxygen atoms in total. The number of oxazole rings is 1. The van der Waals surface area contributed by atoms with Gasteiger partial charge in [0.15, 0.2) is 5.58 Å². The van der Waals surface area contributed by atoms with Gasteiger partial charge < -0.3 is 19.4 Å². The first-order valence-corrected chi connectivity index (χ1v) is 12.3. The zero-order valence-electron chi connectivity index (χ0n) is 20.0. The van der Waals surface area contributed by atoms with Gasteiger partial charge in [0, 0.05) is 37.8 Å². The summed E-state index contributed by atoms with van der Waals surface area (Å²) >= 11 is 0. The van der Waals surface area contributed by atoms with E-state index in [-0.39, 0.29) is 18.1 Å². The average molecular weight is 443 g/mol. The standard InChI is InChI=1S/C25H38N4O3/c1-17(2)31-20-11-12-21-23(16-20)32-25(27-21)29-14-6-5-10-22(29)24(30)26-13-15-28-18(3)8-7-9-19(28)4/h11-12,16-19,22H,5-10,13-15H2,1-4H3,(H,26,30). The number of carbonyl (C=O) groups excluding carboxylic acids is 1. The molecule has 32 heavy (non-hydrogen) atoms. The van der Waals surface area contributed by atoms with Gasteiger partial charge in [-0.15, -0.1) is 0 Å². The summed E-state index contributed by atoms with van der Waals surface area (Å²) in [6, 6.07) is 7.18. The average Bonchev–Trinajstić information content (AvgIpc) is 3.18. The van der Waals surface area contributed by atoms with Gasteiger partial charge in [0.1, 0.15) is 17.3 Å². The number of piperidine rings is 2. The number of likely N-dealkylation sites (tertiary alicyclic amines) is 1. The van der Waals surface area contributed by atoms with Crippen LogP contribution >= 0.6 is 0 Å². The summed E-state index contributed by atoms with van der Waals surface area (Å²) in [5, 5.41) is 3.19. The van der Waals surface area contributed by atoms with E-state index in [9.17, 15) is 4.79 Å². The molecule has 0 bridgehead atoms. The minimum Gasteiger partial charge on any atom is -0.491 e. The summed E-state index contributed by atoms with van der Waals surface area (Å²) in [5.41, 5.74) is 1.48. The van der Waals surface area contributed by atoms with E-state index in [2.05, 4.69) is 29.0 Å². The maximum absolute atomic E-state index is 13.1. The van der Waals surface area contributed by atoms with Gasteiger partial charge in [0.05, 0.1) is 6.10 Å². The van der Waals surface area contributed by atoms with Crippen molar-refractivity contribution in [3.8, 4) is 5.75 Å². The Hall–Kier alpha value is -2.28. The molecule has 4 rings (SSSR count). The van der Waals surface area contributed by atoms with Crippen molar-refractivity contribution in [1.82, 2.24) is 15.2 Å². The SMILES string of the molecule is CC(C)Oc1ccc2nc(N3CCCCC3C(=O)NCCN3C(C)CCCC3C)oc2c1. The lowest BCUT2D eigenvalue weighted by molar-refractivity contribution is -0.123. The van der Waals surface area contributed by atoms with Gasteiger partial charge in [-0.2, -0.15) is 4.98 Å². The summed E-state index contributed by atoms with van der Waals surface area (Å²) < 4.78 is 11.9. The van der Waals surface area contributed by atoms with Crippen LogP contribution in [-0.4, -0.2) is 59.7 Å². The third-order valence-electron chi connectivity index (χ3n) is 6.82. The predicted molar refractivity (Wildman–Crippen MR) is 127 cm³/mol. The van der Waals surface area contributed by atoms with Gasteiger partial charge in [-0.05, 0) is 71.9 Å². The lowest BCUT2D eigenvalue weighted by atomic mass is 9.97. The molecule has 1 amide bonds. The molecule has 1 aromatic carbocycles. The number of carbonyl (C=O) groups is 1. The fraction of sp³-hybridized carbons (Fsp3) is 0.680. The normalized spacial score (nSPS) is 24.8. The van der Waals surface area contributed by atoms with Crippen LogP contribution in [0.5, 0.6) is 5.75 Å². The number of anilines is 1. The molecule has 0 aliphatic carbocycles. The Bertz CT molecular complexity index is 902. The first-order chi connectivity index (χ1) is 15.4. The smallest absolute Gasteiger partial charge is 0.299 e. The third-order valence-corrected chi connectivity index (χ3v) is 6.82. The van der Waals surface area contributed by atoms with Crippen LogP contribution < -0.4 is 15.0 Å². The number of rotatable bonds is 7. The Kier molecular flexibility index (Phi) is 7.23. The molecule has 7 heteroatoms. The van der Waals surface area contributed by atoms with E-state index in [0.717, 1.165) is 43.6 Å². The Labute approximate surface area is 191 Å². The van der Waals surface area contributed by atoms with Crippen LogP contribution in [-0.2, 0) is 4.79 Å². The maximum Gasteiger partial charge on any atom is 0.299 e.